The van der Waals surface area contributed by atoms with E-state index in [0.29, 0.717) is 0 Å². The predicted molar refractivity (Wildman–Crippen MR) is 96.7 cm³/mol. The second-order valence-corrected chi connectivity index (χ2v) is 7.63. The summed E-state index contributed by atoms with van der Waals surface area (Å²) in [7, 11) is 0. The molecule has 0 heteroatoms. The molecular formula is C21H30. The van der Waals surface area contributed by atoms with Crippen molar-refractivity contribution in [2.45, 2.75) is 53.9 Å². The van der Waals surface area contributed by atoms with E-state index in [1.165, 1.54) is 21.6 Å². The van der Waals surface area contributed by atoms with Gasteiger partial charge in [0.15, 0.2) is 0 Å². The van der Waals surface area contributed by atoms with Gasteiger partial charge in [-0.3, -0.25) is 0 Å². The summed E-state index contributed by atoms with van der Waals surface area (Å²) in [5.74, 6) is 0. The van der Waals surface area contributed by atoms with Crippen LogP contribution in [0, 0.1) is 5.41 Å². The molecule has 0 unspecified atom stereocenters. The van der Waals surface area contributed by atoms with Gasteiger partial charge in [-0.1, -0.05) is 90.6 Å². The van der Waals surface area contributed by atoms with Crippen molar-refractivity contribution < 1.29 is 0 Å². The molecule has 1 aromatic carbocycles. The summed E-state index contributed by atoms with van der Waals surface area (Å²) in [5, 5.41) is 2.55. The zero-order valence-electron chi connectivity index (χ0n) is 14.7. The molecular weight excluding hydrogens is 252 g/mol. The van der Waals surface area contributed by atoms with Gasteiger partial charge < -0.3 is 0 Å². The summed E-state index contributed by atoms with van der Waals surface area (Å²) in [6, 6.07) is 6.74. The van der Waals surface area contributed by atoms with Gasteiger partial charge in [-0.15, -0.1) is 0 Å². The van der Waals surface area contributed by atoms with E-state index in [1.807, 2.05) is 6.08 Å². The summed E-state index contributed by atoms with van der Waals surface area (Å²) in [4.78, 5) is 0. The fourth-order valence-corrected chi connectivity index (χ4v) is 2.25. The monoisotopic (exact) mass is 282 g/mol. The molecule has 0 aromatic heterocycles. The zero-order chi connectivity index (χ0) is 16.3. The van der Waals surface area contributed by atoms with Crippen LogP contribution in [0.3, 0.4) is 0 Å². The molecule has 0 aliphatic rings. The Morgan fingerprint density at radius 1 is 1.00 bits per heavy atom. The minimum atomic E-state index is 0.121. The molecule has 0 bridgehead atoms. The molecule has 0 aliphatic carbocycles. The summed E-state index contributed by atoms with van der Waals surface area (Å²) < 4.78 is 0. The Balaban J connectivity index is 3.51. The van der Waals surface area contributed by atoms with Crippen LogP contribution in [0.25, 0.3) is 12.2 Å². The molecule has 1 aromatic rings. The molecule has 0 aliphatic heterocycles. The normalized spacial score (nSPS) is 15.5. The fourth-order valence-electron chi connectivity index (χ4n) is 2.25. The number of hydrogen-bond donors (Lipinski definition) is 0. The highest BCUT2D eigenvalue weighted by atomic mass is 14.2. The Bertz CT molecular complexity index is 641. The van der Waals surface area contributed by atoms with Crippen LogP contribution in [0.4, 0.5) is 0 Å². The topological polar surface area (TPSA) is 0 Å². The summed E-state index contributed by atoms with van der Waals surface area (Å²) >= 11 is 0. The van der Waals surface area contributed by atoms with Crippen LogP contribution in [0.1, 0.15) is 54.0 Å². The van der Waals surface area contributed by atoms with E-state index >= 15 is 0 Å². The maximum Gasteiger partial charge on any atom is -0.0132 e. The molecule has 114 valence electrons. The van der Waals surface area contributed by atoms with Crippen molar-refractivity contribution in [3.05, 3.63) is 58.5 Å². The first-order valence-corrected chi connectivity index (χ1v) is 7.71. The summed E-state index contributed by atoms with van der Waals surface area (Å²) in [6.45, 7) is 19.4. The van der Waals surface area contributed by atoms with E-state index in [-0.39, 0.29) is 10.8 Å². The van der Waals surface area contributed by atoms with Crippen molar-refractivity contribution in [2.75, 3.05) is 0 Å². The third kappa shape index (κ3) is 4.74. The second kappa shape index (κ2) is 6.47. The van der Waals surface area contributed by atoms with Crippen LogP contribution >= 0.6 is 0 Å². The van der Waals surface area contributed by atoms with Crippen molar-refractivity contribution in [3.63, 3.8) is 0 Å². The molecule has 0 heterocycles. The average Bonchev–Trinajstić information content (AvgIpc) is 2.36. The second-order valence-electron chi connectivity index (χ2n) is 7.63. The van der Waals surface area contributed by atoms with Crippen molar-refractivity contribution in [1.29, 1.82) is 0 Å². The lowest BCUT2D eigenvalue weighted by Gasteiger charge is -2.20. The van der Waals surface area contributed by atoms with Gasteiger partial charge in [0, 0.05) is 0 Å². The van der Waals surface area contributed by atoms with E-state index in [0.717, 1.165) is 0 Å². The van der Waals surface area contributed by atoms with Gasteiger partial charge in [0.05, 0.1) is 0 Å². The first kappa shape index (κ1) is 17.5. The Labute approximate surface area is 130 Å². The number of hydrogen-bond acceptors (Lipinski definition) is 0. The number of allylic oxidation sites excluding steroid dienone is 3. The molecule has 0 spiro atoms. The Morgan fingerprint density at radius 3 is 2.05 bits per heavy atom. The van der Waals surface area contributed by atoms with Crippen molar-refractivity contribution >= 4 is 12.2 Å². The third-order valence-corrected chi connectivity index (χ3v) is 3.79. The van der Waals surface area contributed by atoms with E-state index < -0.39 is 0 Å². The smallest absolute Gasteiger partial charge is 0.0132 e. The molecule has 0 fully saturated rings. The molecule has 21 heavy (non-hydrogen) atoms. The maximum absolute atomic E-state index is 3.94. The third-order valence-electron chi connectivity index (χ3n) is 3.79. The van der Waals surface area contributed by atoms with Gasteiger partial charge in [0.2, 0.25) is 0 Å². The largest absolute Gasteiger partial charge is 0.0988 e. The predicted octanol–water partition coefficient (Wildman–Crippen LogP) is 4.72. The van der Waals surface area contributed by atoms with Crippen LogP contribution < -0.4 is 10.4 Å². The molecule has 0 amide bonds. The van der Waals surface area contributed by atoms with Crippen LogP contribution in [-0.2, 0) is 5.41 Å². The molecule has 0 nitrogen and oxygen atoms in total. The Morgan fingerprint density at radius 2 is 1.62 bits per heavy atom. The highest BCUT2D eigenvalue weighted by Crippen LogP contribution is 2.25. The minimum Gasteiger partial charge on any atom is -0.0988 e. The van der Waals surface area contributed by atoms with Gasteiger partial charge in [0.1, 0.15) is 0 Å². The SMILES string of the molecule is C=C\C(=C/C=c1/cc(C(C)(C)C)cc/c1=C/C)C(C)(C)C. The molecule has 0 saturated heterocycles. The van der Waals surface area contributed by atoms with Gasteiger partial charge in [-0.05, 0) is 39.3 Å². The van der Waals surface area contributed by atoms with Crippen molar-refractivity contribution in [1.82, 2.24) is 0 Å². The van der Waals surface area contributed by atoms with Crippen molar-refractivity contribution in [2.24, 2.45) is 5.41 Å². The summed E-state index contributed by atoms with van der Waals surface area (Å²) in [5.41, 5.74) is 2.91. The van der Waals surface area contributed by atoms with Gasteiger partial charge in [0.25, 0.3) is 0 Å². The van der Waals surface area contributed by atoms with E-state index in [1.54, 1.807) is 0 Å². The molecule has 0 N–H and O–H groups in total. The lowest BCUT2D eigenvalue weighted by atomic mass is 9.85. The molecule has 0 saturated carbocycles. The van der Waals surface area contributed by atoms with E-state index in [2.05, 4.69) is 91.5 Å². The lowest BCUT2D eigenvalue weighted by Crippen LogP contribution is -2.27. The molecule has 0 radical (unpaired) electrons. The van der Waals surface area contributed by atoms with Gasteiger partial charge in [-0.2, -0.15) is 0 Å². The van der Waals surface area contributed by atoms with Gasteiger partial charge in [-0.25, -0.2) is 0 Å². The Kier molecular flexibility index (Phi) is 5.39. The van der Waals surface area contributed by atoms with E-state index in [9.17, 15) is 0 Å². The van der Waals surface area contributed by atoms with Crippen LogP contribution in [0.2, 0.25) is 0 Å². The van der Waals surface area contributed by atoms with E-state index in [4.69, 9.17) is 0 Å². The maximum atomic E-state index is 3.94. The zero-order valence-corrected chi connectivity index (χ0v) is 14.7. The van der Waals surface area contributed by atoms with Crippen molar-refractivity contribution in [3.8, 4) is 0 Å². The number of rotatable bonds is 2. The molecule has 0 atom stereocenters. The summed E-state index contributed by atoms with van der Waals surface area (Å²) in [6.07, 6.45) is 8.53. The number of benzene rings is 1. The lowest BCUT2D eigenvalue weighted by molar-refractivity contribution is 0.518. The highest BCUT2D eigenvalue weighted by molar-refractivity contribution is 5.46. The quantitative estimate of drug-likeness (QED) is 0.688. The first-order chi connectivity index (χ1) is 9.59. The Hall–Kier alpha value is -1.56. The molecule has 1 rings (SSSR count). The van der Waals surface area contributed by atoms with Crippen LogP contribution in [0.15, 0.2) is 42.5 Å². The minimum absolute atomic E-state index is 0.121. The van der Waals surface area contributed by atoms with Crippen LogP contribution in [-0.4, -0.2) is 0 Å². The highest BCUT2D eigenvalue weighted by Gasteiger charge is 2.14. The van der Waals surface area contributed by atoms with Gasteiger partial charge >= 0.3 is 0 Å². The standard InChI is InChI=1S/C21H30/c1-9-16-11-14-19(21(6,7)8)15-17(16)12-13-18(10-2)20(3,4)5/h9-15H,2H2,1,3-8H3/b16-9-,17-12-,18-13+. The average molecular weight is 282 g/mol. The fraction of sp³-hybridized carbons (Fsp3) is 0.429. The first-order valence-electron chi connectivity index (χ1n) is 7.71. The van der Waals surface area contributed by atoms with Crippen LogP contribution in [0.5, 0.6) is 0 Å².